The number of urea groups is 1. The Bertz CT molecular complexity index is 1310. The van der Waals surface area contributed by atoms with E-state index in [0.29, 0.717) is 23.7 Å². The first-order valence-electron chi connectivity index (χ1n) is 13.0. The van der Waals surface area contributed by atoms with Crippen molar-refractivity contribution < 1.29 is 23.8 Å². The van der Waals surface area contributed by atoms with Gasteiger partial charge in [0.2, 0.25) is 0 Å². The fourth-order valence-electron chi connectivity index (χ4n) is 4.53. The molecule has 0 aromatic heterocycles. The van der Waals surface area contributed by atoms with Crippen molar-refractivity contribution in [2.45, 2.75) is 45.9 Å². The van der Waals surface area contributed by atoms with E-state index in [0.717, 1.165) is 16.7 Å². The molecule has 39 heavy (non-hydrogen) atoms. The van der Waals surface area contributed by atoms with E-state index in [1.54, 1.807) is 6.92 Å². The van der Waals surface area contributed by atoms with Gasteiger partial charge >= 0.3 is 12.0 Å². The van der Waals surface area contributed by atoms with E-state index in [1.165, 1.54) is 0 Å². The highest BCUT2D eigenvalue weighted by Gasteiger charge is 2.41. The number of nitrogens with zero attached hydrogens (tertiary/aromatic N) is 1. The highest BCUT2D eigenvalue weighted by molar-refractivity contribution is 6.32. The van der Waals surface area contributed by atoms with Crippen molar-refractivity contribution in [3.05, 3.63) is 95.1 Å². The minimum absolute atomic E-state index is 0.0804. The Morgan fingerprint density at radius 2 is 1.54 bits per heavy atom. The second-order valence-corrected chi connectivity index (χ2v) is 9.79. The molecule has 2 atom stereocenters. The van der Waals surface area contributed by atoms with E-state index in [9.17, 15) is 9.59 Å². The van der Waals surface area contributed by atoms with Gasteiger partial charge in [0.15, 0.2) is 0 Å². The fourth-order valence-corrected chi connectivity index (χ4v) is 4.75. The lowest BCUT2D eigenvalue weighted by Crippen LogP contribution is -2.46. The van der Waals surface area contributed by atoms with Gasteiger partial charge in [-0.25, -0.2) is 9.79 Å². The molecule has 1 aliphatic heterocycles. The van der Waals surface area contributed by atoms with Crippen LogP contribution in [0.4, 0.5) is 4.79 Å². The molecule has 0 spiro atoms. The molecule has 2 amide bonds. The van der Waals surface area contributed by atoms with Crippen molar-refractivity contribution in [2.24, 2.45) is 10.9 Å². The number of benzene rings is 3. The Balaban J connectivity index is 1.79. The molecule has 3 aromatic carbocycles. The molecule has 7 nitrogen and oxygen atoms in total. The van der Waals surface area contributed by atoms with Gasteiger partial charge in [0, 0.05) is 11.6 Å². The molecule has 0 bridgehead atoms. The van der Waals surface area contributed by atoms with Crippen molar-refractivity contribution in [3.63, 3.8) is 0 Å². The number of hydrogen-bond donors (Lipinski definition) is 1. The SMILES string of the molecule is CCOC(=O)C1C(CCl)=NC(=O)NC1c1cc(C(C)C)c(OCc2ccccc2)cc1OCc1ccccc1. The van der Waals surface area contributed by atoms with Crippen molar-refractivity contribution in [1.29, 1.82) is 0 Å². The van der Waals surface area contributed by atoms with Crippen molar-refractivity contribution in [3.8, 4) is 11.5 Å². The molecule has 0 saturated heterocycles. The van der Waals surface area contributed by atoms with Crippen molar-refractivity contribution in [2.75, 3.05) is 12.5 Å². The summed E-state index contributed by atoms with van der Waals surface area (Å²) in [6, 6.07) is 22.1. The number of esters is 1. The van der Waals surface area contributed by atoms with Gasteiger partial charge in [-0.1, -0.05) is 74.5 Å². The summed E-state index contributed by atoms with van der Waals surface area (Å²) < 4.78 is 18.0. The van der Waals surface area contributed by atoms with Gasteiger partial charge in [-0.2, -0.15) is 0 Å². The third kappa shape index (κ3) is 6.98. The minimum atomic E-state index is -0.893. The normalized spacial score (nSPS) is 16.8. The van der Waals surface area contributed by atoms with Crippen LogP contribution < -0.4 is 14.8 Å². The first kappa shape index (κ1) is 28.2. The van der Waals surface area contributed by atoms with Crippen LogP contribution in [-0.2, 0) is 22.7 Å². The topological polar surface area (TPSA) is 86.2 Å². The summed E-state index contributed by atoms with van der Waals surface area (Å²) in [5.41, 5.74) is 3.81. The lowest BCUT2D eigenvalue weighted by atomic mass is 9.85. The smallest absolute Gasteiger partial charge is 0.341 e. The summed E-state index contributed by atoms with van der Waals surface area (Å²) in [6.45, 7) is 6.71. The maximum absolute atomic E-state index is 13.1. The van der Waals surface area contributed by atoms with Gasteiger partial charge in [-0.15, -0.1) is 11.6 Å². The molecule has 8 heteroatoms. The summed E-state index contributed by atoms with van der Waals surface area (Å²) in [7, 11) is 0. The van der Waals surface area contributed by atoms with Crippen LogP contribution in [0.25, 0.3) is 0 Å². The molecule has 0 fully saturated rings. The largest absolute Gasteiger partial charge is 0.488 e. The molecule has 1 aliphatic rings. The molecular weight excluding hydrogens is 516 g/mol. The zero-order chi connectivity index (χ0) is 27.8. The number of amides is 2. The third-order valence-electron chi connectivity index (χ3n) is 6.47. The quantitative estimate of drug-likeness (QED) is 0.216. The van der Waals surface area contributed by atoms with E-state index in [4.69, 9.17) is 25.8 Å². The van der Waals surface area contributed by atoms with Crippen molar-refractivity contribution in [1.82, 2.24) is 5.32 Å². The fraction of sp³-hybridized carbons (Fsp3) is 0.323. The first-order chi connectivity index (χ1) is 18.9. The van der Waals surface area contributed by atoms with Gasteiger partial charge in [-0.3, -0.25) is 4.79 Å². The maximum Gasteiger partial charge on any atom is 0.341 e. The van der Waals surface area contributed by atoms with Crippen molar-refractivity contribution >= 4 is 29.3 Å². The third-order valence-corrected chi connectivity index (χ3v) is 6.74. The summed E-state index contributed by atoms with van der Waals surface area (Å²) in [4.78, 5) is 29.7. The highest BCUT2D eigenvalue weighted by Crippen LogP contribution is 2.41. The average molecular weight is 549 g/mol. The van der Waals surface area contributed by atoms with Crippen LogP contribution in [0.15, 0.2) is 77.8 Å². The molecule has 2 unspecified atom stereocenters. The van der Waals surface area contributed by atoms with E-state index < -0.39 is 24.0 Å². The number of rotatable bonds is 11. The number of carbonyl (C=O) groups excluding carboxylic acids is 2. The van der Waals surface area contributed by atoms with Gasteiger partial charge in [0.05, 0.1) is 24.2 Å². The predicted octanol–water partition coefficient (Wildman–Crippen LogP) is 6.59. The number of aliphatic imine (C=N–C) groups is 1. The Labute approximate surface area is 234 Å². The standard InChI is InChI=1S/C31H33ClN2O5/c1-4-37-30(35)28-25(17-32)33-31(36)34-29(28)24-15-23(20(2)3)26(38-18-21-11-7-5-8-12-21)16-27(24)39-19-22-13-9-6-10-14-22/h5-16,20,28-29H,4,17-19H2,1-3H3,(H,34,36). The molecule has 1 N–H and O–H groups in total. The van der Waals surface area contributed by atoms with Gasteiger partial charge < -0.3 is 19.5 Å². The maximum atomic E-state index is 13.1. The van der Waals surface area contributed by atoms with Crippen LogP contribution in [0.5, 0.6) is 11.5 Å². The van der Waals surface area contributed by atoms with Crippen LogP contribution in [-0.4, -0.2) is 30.2 Å². The molecule has 0 radical (unpaired) electrons. The monoisotopic (exact) mass is 548 g/mol. The van der Waals surface area contributed by atoms with E-state index in [2.05, 4.69) is 24.2 Å². The number of alkyl halides is 1. The molecule has 4 rings (SSSR count). The van der Waals surface area contributed by atoms with Gasteiger partial charge in [-0.05, 0) is 35.6 Å². The Morgan fingerprint density at radius 3 is 2.08 bits per heavy atom. The Hall–Kier alpha value is -3.84. The van der Waals surface area contributed by atoms with Crippen LogP contribution in [0.3, 0.4) is 0 Å². The molecule has 204 valence electrons. The first-order valence-corrected chi connectivity index (χ1v) is 13.6. The molecular formula is C31H33ClN2O5. The van der Waals surface area contributed by atoms with Crippen LogP contribution in [0, 0.1) is 5.92 Å². The van der Waals surface area contributed by atoms with Gasteiger partial charge in [0.1, 0.15) is 30.6 Å². The zero-order valence-corrected chi connectivity index (χ0v) is 23.1. The molecule has 0 saturated carbocycles. The van der Waals surface area contributed by atoms with Crippen LogP contribution in [0.1, 0.15) is 55.0 Å². The zero-order valence-electron chi connectivity index (χ0n) is 22.4. The summed E-state index contributed by atoms with van der Waals surface area (Å²) >= 11 is 6.15. The number of hydrogen-bond acceptors (Lipinski definition) is 5. The lowest BCUT2D eigenvalue weighted by molar-refractivity contribution is -0.146. The number of halogens is 1. The van der Waals surface area contributed by atoms with Crippen LogP contribution in [0.2, 0.25) is 0 Å². The minimum Gasteiger partial charge on any atom is -0.488 e. The second kappa shape index (κ2) is 13.3. The second-order valence-electron chi connectivity index (χ2n) is 9.52. The highest BCUT2D eigenvalue weighted by atomic mass is 35.5. The molecule has 1 heterocycles. The van der Waals surface area contributed by atoms with Crippen LogP contribution >= 0.6 is 11.6 Å². The molecule has 3 aromatic rings. The van der Waals surface area contributed by atoms with Gasteiger partial charge in [0.25, 0.3) is 0 Å². The predicted molar refractivity (Wildman–Crippen MR) is 152 cm³/mol. The summed E-state index contributed by atoms with van der Waals surface area (Å²) in [5.74, 6) is -0.243. The lowest BCUT2D eigenvalue weighted by Gasteiger charge is -2.32. The molecule has 0 aliphatic carbocycles. The Kier molecular flexibility index (Phi) is 9.60. The van der Waals surface area contributed by atoms with E-state index >= 15 is 0 Å². The van der Waals surface area contributed by atoms with E-state index in [-0.39, 0.29) is 30.7 Å². The average Bonchev–Trinajstić information content (AvgIpc) is 2.95. The number of ether oxygens (including phenoxy) is 3. The summed E-state index contributed by atoms with van der Waals surface area (Å²) in [5, 5.41) is 2.86. The number of nitrogens with one attached hydrogen (secondary N) is 1. The number of carbonyl (C=O) groups is 2. The Morgan fingerprint density at radius 1 is 0.949 bits per heavy atom. The summed E-state index contributed by atoms with van der Waals surface area (Å²) in [6.07, 6.45) is 0. The van der Waals surface area contributed by atoms with E-state index in [1.807, 2.05) is 72.8 Å².